The zero-order chi connectivity index (χ0) is 18.0. The Bertz CT molecular complexity index is 479. The van der Waals surface area contributed by atoms with E-state index in [1.165, 1.54) is 0 Å². The molecule has 0 aliphatic heterocycles. The van der Waals surface area contributed by atoms with Crippen molar-refractivity contribution in [3.8, 4) is 0 Å². The second-order valence-corrected chi connectivity index (χ2v) is 7.39. The van der Waals surface area contributed by atoms with Gasteiger partial charge in [-0.2, -0.15) is 0 Å². The van der Waals surface area contributed by atoms with Crippen LogP contribution in [0.1, 0.15) is 0 Å². The molecular weight excluding hydrogens is 526 g/mol. The van der Waals surface area contributed by atoms with Crippen molar-refractivity contribution in [2.75, 3.05) is 0 Å². The molecule has 0 saturated carbocycles. The predicted octanol–water partition coefficient (Wildman–Crippen LogP) is -6.71. The maximum atomic E-state index is 8.82. The van der Waals surface area contributed by atoms with E-state index in [4.69, 9.17) is 63.7 Å². The summed E-state index contributed by atoms with van der Waals surface area (Å²) in [6, 6.07) is 0. The first-order chi connectivity index (χ1) is 8.00. The van der Waals surface area contributed by atoms with Crippen molar-refractivity contribution >= 4 is 80.9 Å². The van der Waals surface area contributed by atoms with Crippen LogP contribution < -0.4 is 0 Å². The molecular formula is H10Cr4KNaO16. The van der Waals surface area contributed by atoms with Gasteiger partial charge in [0.1, 0.15) is 0 Å². The van der Waals surface area contributed by atoms with Gasteiger partial charge in [0.05, 0.1) is 0 Å². The molecule has 0 aromatic rings. The van der Waals surface area contributed by atoms with E-state index in [1.807, 2.05) is 0 Å². The quantitative estimate of drug-likeness (QED) is 0.133. The first-order valence-corrected chi connectivity index (χ1v) is 11.5. The summed E-state index contributed by atoms with van der Waals surface area (Å²) >= 11 is -21.0. The molecule has 0 heterocycles. The minimum absolute atomic E-state index is 0. The summed E-state index contributed by atoms with van der Waals surface area (Å²) in [7, 11) is 0. The van der Waals surface area contributed by atoms with Gasteiger partial charge in [0, 0.05) is 0 Å². The van der Waals surface area contributed by atoms with E-state index in [0.717, 1.165) is 0 Å². The summed E-state index contributed by atoms with van der Waals surface area (Å²) in [5, 5.41) is 0. The first kappa shape index (κ1) is 39.8. The van der Waals surface area contributed by atoms with Crippen LogP contribution in [0.5, 0.6) is 0 Å². The number of hydrogen-bond donors (Lipinski definition) is 8. The van der Waals surface area contributed by atoms with Crippen molar-refractivity contribution < 1.29 is 118 Å². The van der Waals surface area contributed by atoms with Crippen LogP contribution in [0.25, 0.3) is 0 Å². The molecule has 0 fully saturated rings. The molecule has 0 radical (unpaired) electrons. The zero-order valence-corrected chi connectivity index (χ0v) is 13.6. The van der Waals surface area contributed by atoms with Crippen LogP contribution in [-0.2, 0) is 84.9 Å². The molecule has 0 saturated heterocycles. The van der Waals surface area contributed by atoms with Crippen LogP contribution in [0.3, 0.4) is 0 Å². The number of rotatable bonds is 0. The molecule has 0 rings (SSSR count). The Morgan fingerprint density at radius 2 is 0.364 bits per heavy atom. The molecule has 0 unspecified atom stereocenters. The average molecular weight is 536 g/mol. The van der Waals surface area contributed by atoms with E-state index < -0.39 is 54.5 Å². The van der Waals surface area contributed by atoms with Gasteiger partial charge in [-0.3, -0.25) is 0 Å². The van der Waals surface area contributed by atoms with Crippen LogP contribution in [0.4, 0.5) is 0 Å². The van der Waals surface area contributed by atoms with E-state index in [9.17, 15) is 0 Å². The van der Waals surface area contributed by atoms with Crippen molar-refractivity contribution in [1.82, 2.24) is 0 Å². The normalized spacial score (nSPS) is 10.5. The van der Waals surface area contributed by atoms with Gasteiger partial charge in [-0.05, 0) is 0 Å². The van der Waals surface area contributed by atoms with E-state index in [0.29, 0.717) is 0 Å². The molecule has 0 aliphatic rings. The van der Waals surface area contributed by atoms with Crippen molar-refractivity contribution in [3.63, 3.8) is 0 Å². The summed E-state index contributed by atoms with van der Waals surface area (Å²) < 4.78 is 128. The van der Waals surface area contributed by atoms with Crippen molar-refractivity contribution in [2.24, 2.45) is 0 Å². The predicted molar refractivity (Wildman–Crippen MR) is 37.5 cm³/mol. The SMILES string of the molecule is [KH].[NaH].[O]=[Cr](=[O])([OH])[OH].[O]=[Cr](=[O])([OH])[OH].[O]=[Cr](=[O])([OH])[OH].[O]=[Cr](=[O])([OH])[OH]. The van der Waals surface area contributed by atoms with Gasteiger partial charge in [0.25, 0.3) is 0 Å². The Hall–Kier alpha value is 2.85. The van der Waals surface area contributed by atoms with Crippen LogP contribution in [0.2, 0.25) is 0 Å². The van der Waals surface area contributed by atoms with Crippen molar-refractivity contribution in [3.05, 3.63) is 0 Å². The average Bonchev–Trinajstić information content (AvgIpc) is 1.62. The van der Waals surface area contributed by atoms with Gasteiger partial charge in [0.15, 0.2) is 0 Å². The van der Waals surface area contributed by atoms with Gasteiger partial charge in [0.2, 0.25) is 0 Å². The molecule has 16 nitrogen and oxygen atoms in total. The molecule has 22 heavy (non-hydrogen) atoms. The Morgan fingerprint density at radius 1 is 0.364 bits per heavy atom. The standard InChI is InChI=1S/4Cr.K.Na.8H2O.8O.2H/h;;;;;;8*1H2;;;;;;;;;;/q4*+2;;;;;;;;;;;;;;;;;;;;/p-8. The van der Waals surface area contributed by atoms with Crippen LogP contribution >= 0.6 is 0 Å². The summed E-state index contributed by atoms with van der Waals surface area (Å²) in [6.45, 7) is 0. The summed E-state index contributed by atoms with van der Waals surface area (Å²) in [5.74, 6) is 0. The summed E-state index contributed by atoms with van der Waals surface area (Å²) in [4.78, 5) is 0. The Morgan fingerprint density at radius 3 is 0.364 bits per heavy atom. The molecule has 132 valence electrons. The van der Waals surface area contributed by atoms with Crippen molar-refractivity contribution in [2.45, 2.75) is 0 Å². The monoisotopic (exact) mass is 536 g/mol. The van der Waals surface area contributed by atoms with Gasteiger partial charge in [-0.1, -0.05) is 0 Å². The molecule has 0 aromatic carbocycles. The van der Waals surface area contributed by atoms with Crippen molar-refractivity contribution in [1.29, 1.82) is 0 Å². The van der Waals surface area contributed by atoms with Crippen LogP contribution in [-0.4, -0.2) is 114 Å². The second-order valence-electron chi connectivity index (χ2n) is 1.79. The van der Waals surface area contributed by atoms with E-state index >= 15 is 0 Å². The molecule has 0 spiro atoms. The third-order valence-corrected chi connectivity index (χ3v) is 0. The molecule has 0 bridgehead atoms. The Balaban J connectivity index is -0.0000000376. The molecule has 0 atom stereocenters. The Kier molecular flexibility index (Phi) is 31.2. The summed E-state index contributed by atoms with van der Waals surface area (Å²) in [6.07, 6.45) is 0. The van der Waals surface area contributed by atoms with E-state index in [1.54, 1.807) is 0 Å². The Labute approximate surface area is 195 Å². The van der Waals surface area contributed by atoms with E-state index in [2.05, 4.69) is 0 Å². The van der Waals surface area contributed by atoms with Gasteiger partial charge >= 0.3 is 199 Å². The summed E-state index contributed by atoms with van der Waals surface area (Å²) in [5.41, 5.74) is 0. The molecule has 22 heteroatoms. The fourth-order valence-corrected chi connectivity index (χ4v) is 0. The van der Waals surface area contributed by atoms with E-state index in [-0.39, 0.29) is 80.9 Å². The molecule has 0 amide bonds. The number of hydrogen-bond acceptors (Lipinski definition) is 8. The first-order valence-electron chi connectivity index (χ1n) is 2.79. The van der Waals surface area contributed by atoms with Crippen LogP contribution in [0.15, 0.2) is 0 Å². The molecule has 0 aromatic heterocycles. The van der Waals surface area contributed by atoms with Gasteiger partial charge in [-0.25, -0.2) is 0 Å². The fraction of sp³-hybridized carbons (Fsp3) is 0. The third-order valence-electron chi connectivity index (χ3n) is 0. The van der Waals surface area contributed by atoms with Gasteiger partial charge < -0.3 is 0 Å². The third kappa shape index (κ3) is 1350. The van der Waals surface area contributed by atoms with Gasteiger partial charge in [-0.15, -0.1) is 0 Å². The van der Waals surface area contributed by atoms with Crippen LogP contribution in [0, 0.1) is 0 Å². The topological polar surface area (TPSA) is 298 Å². The second kappa shape index (κ2) is 17.3. The molecule has 0 aliphatic carbocycles. The zero-order valence-electron chi connectivity index (χ0n) is 8.48. The minimum atomic E-state index is -5.25. The maximum absolute atomic E-state index is 8.82. The molecule has 8 N–H and O–H groups in total. The fourth-order valence-electron chi connectivity index (χ4n) is 0.